The van der Waals surface area contributed by atoms with Crippen LogP contribution >= 0.6 is 11.8 Å². The summed E-state index contributed by atoms with van der Waals surface area (Å²) in [5, 5.41) is 14.9. The molecule has 6 heteroatoms. The topological polar surface area (TPSA) is 55.6 Å². The highest BCUT2D eigenvalue weighted by atomic mass is 32.2. The van der Waals surface area contributed by atoms with E-state index in [9.17, 15) is 0 Å². The Morgan fingerprint density at radius 3 is 3.07 bits per heavy atom. The third kappa shape index (κ3) is 3.63. The molecule has 1 N–H and O–H groups in total. The molecule has 5 nitrogen and oxygen atoms in total. The minimum absolute atomic E-state index is 0.759. The molecule has 0 aliphatic heterocycles. The van der Waals surface area contributed by atoms with Gasteiger partial charge in [-0.25, -0.2) is 4.68 Å². The van der Waals surface area contributed by atoms with Crippen LogP contribution in [0.1, 0.15) is 19.2 Å². The Hall–Kier alpha value is -0.620. The van der Waals surface area contributed by atoms with Crippen LogP contribution in [-0.2, 0) is 13.1 Å². The maximum absolute atomic E-state index is 3.97. The Labute approximate surface area is 88.6 Å². The first kappa shape index (κ1) is 11.5. The van der Waals surface area contributed by atoms with Gasteiger partial charge < -0.3 is 5.32 Å². The standard InChI is InChI=1S/C8H17N5S/c1-3-4-9-7-8-10-11-12-13(8)5-6-14-2/h9H,3-7H2,1-2H3. The van der Waals surface area contributed by atoms with Gasteiger partial charge in [0.15, 0.2) is 5.82 Å². The summed E-state index contributed by atoms with van der Waals surface area (Å²) in [7, 11) is 0. The van der Waals surface area contributed by atoms with E-state index in [4.69, 9.17) is 0 Å². The molecule has 0 atom stereocenters. The number of hydrogen-bond acceptors (Lipinski definition) is 5. The number of nitrogens with one attached hydrogen (secondary N) is 1. The van der Waals surface area contributed by atoms with Crippen LogP contribution in [0, 0.1) is 0 Å². The highest BCUT2D eigenvalue weighted by Crippen LogP contribution is 1.97. The smallest absolute Gasteiger partial charge is 0.165 e. The number of aryl methyl sites for hydroxylation is 1. The lowest BCUT2D eigenvalue weighted by atomic mass is 10.4. The zero-order valence-electron chi connectivity index (χ0n) is 8.73. The van der Waals surface area contributed by atoms with Gasteiger partial charge in [0.2, 0.25) is 0 Å². The van der Waals surface area contributed by atoms with Crippen LogP contribution in [0.25, 0.3) is 0 Å². The second-order valence-electron chi connectivity index (χ2n) is 2.99. The maximum atomic E-state index is 3.97. The van der Waals surface area contributed by atoms with Crippen molar-refractivity contribution in [3.05, 3.63) is 5.82 Å². The Morgan fingerprint density at radius 1 is 1.50 bits per heavy atom. The lowest BCUT2D eigenvalue weighted by molar-refractivity contribution is 0.567. The van der Waals surface area contributed by atoms with E-state index in [-0.39, 0.29) is 0 Å². The van der Waals surface area contributed by atoms with Crippen LogP contribution in [-0.4, -0.2) is 38.8 Å². The van der Waals surface area contributed by atoms with Gasteiger partial charge in [-0.1, -0.05) is 6.92 Å². The molecule has 1 aromatic rings. The summed E-state index contributed by atoms with van der Waals surface area (Å²) in [5.74, 6) is 1.97. The first-order valence-corrected chi connectivity index (χ1v) is 6.22. The van der Waals surface area contributed by atoms with Crippen molar-refractivity contribution in [2.24, 2.45) is 0 Å². The van der Waals surface area contributed by atoms with E-state index in [1.54, 1.807) is 11.8 Å². The second-order valence-corrected chi connectivity index (χ2v) is 3.97. The van der Waals surface area contributed by atoms with Crippen molar-refractivity contribution >= 4 is 11.8 Å². The van der Waals surface area contributed by atoms with E-state index in [2.05, 4.69) is 34.0 Å². The van der Waals surface area contributed by atoms with E-state index < -0.39 is 0 Å². The molecule has 0 aliphatic rings. The number of rotatable bonds is 7. The predicted molar refractivity (Wildman–Crippen MR) is 58.2 cm³/mol. The molecule has 0 aliphatic carbocycles. The van der Waals surface area contributed by atoms with Crippen LogP contribution in [0.15, 0.2) is 0 Å². The molecule has 0 amide bonds. The molecule has 1 aromatic heterocycles. The van der Waals surface area contributed by atoms with Gasteiger partial charge in [0.05, 0.1) is 13.1 Å². The van der Waals surface area contributed by atoms with Gasteiger partial charge in [-0.15, -0.1) is 5.10 Å². The average molecular weight is 215 g/mol. The van der Waals surface area contributed by atoms with Crippen molar-refractivity contribution in [2.45, 2.75) is 26.4 Å². The number of nitrogens with zero attached hydrogens (tertiary/aromatic N) is 4. The second kappa shape index (κ2) is 6.78. The van der Waals surface area contributed by atoms with Gasteiger partial charge in [-0.2, -0.15) is 11.8 Å². The van der Waals surface area contributed by atoms with Crippen molar-refractivity contribution in [2.75, 3.05) is 18.6 Å². The number of hydrogen-bond donors (Lipinski definition) is 1. The number of aromatic nitrogens is 4. The van der Waals surface area contributed by atoms with Crippen molar-refractivity contribution < 1.29 is 0 Å². The molecular formula is C8H17N5S. The monoisotopic (exact) mass is 215 g/mol. The van der Waals surface area contributed by atoms with Gasteiger partial charge >= 0.3 is 0 Å². The molecule has 0 saturated carbocycles. The van der Waals surface area contributed by atoms with E-state index in [1.807, 2.05) is 4.68 Å². The number of thioether (sulfide) groups is 1. The fourth-order valence-electron chi connectivity index (χ4n) is 1.08. The summed E-state index contributed by atoms with van der Waals surface area (Å²) in [6.45, 7) is 4.80. The summed E-state index contributed by atoms with van der Waals surface area (Å²) in [4.78, 5) is 0. The molecule has 0 spiro atoms. The van der Waals surface area contributed by atoms with Crippen LogP contribution < -0.4 is 5.32 Å². The average Bonchev–Trinajstić information content (AvgIpc) is 2.63. The molecule has 0 unspecified atom stereocenters. The molecule has 0 fully saturated rings. The fourth-order valence-corrected chi connectivity index (χ4v) is 1.43. The zero-order chi connectivity index (χ0) is 10.2. The summed E-state index contributed by atoms with van der Waals surface area (Å²) < 4.78 is 1.86. The van der Waals surface area contributed by atoms with Crippen LogP contribution in [0.3, 0.4) is 0 Å². The van der Waals surface area contributed by atoms with Crippen molar-refractivity contribution in [3.8, 4) is 0 Å². The molecule has 0 radical (unpaired) electrons. The van der Waals surface area contributed by atoms with Crippen molar-refractivity contribution in [3.63, 3.8) is 0 Å². The predicted octanol–water partition coefficient (Wildman–Crippen LogP) is 0.536. The highest BCUT2D eigenvalue weighted by molar-refractivity contribution is 7.98. The van der Waals surface area contributed by atoms with E-state index in [1.165, 1.54) is 0 Å². The van der Waals surface area contributed by atoms with Crippen LogP contribution in [0.4, 0.5) is 0 Å². The quantitative estimate of drug-likeness (QED) is 0.673. The Balaban J connectivity index is 2.37. The minimum Gasteiger partial charge on any atom is -0.310 e. The SMILES string of the molecule is CCCNCc1nnnn1CCSC. The van der Waals surface area contributed by atoms with Gasteiger partial charge in [-0.05, 0) is 29.6 Å². The summed E-state index contributed by atoms with van der Waals surface area (Å²) in [6.07, 6.45) is 3.21. The molecule has 0 aromatic carbocycles. The maximum Gasteiger partial charge on any atom is 0.165 e. The van der Waals surface area contributed by atoms with Gasteiger partial charge in [-0.3, -0.25) is 0 Å². The lowest BCUT2D eigenvalue weighted by Crippen LogP contribution is -2.18. The van der Waals surface area contributed by atoms with Crippen LogP contribution in [0.5, 0.6) is 0 Å². The summed E-state index contributed by atoms with van der Waals surface area (Å²) in [6, 6.07) is 0. The first-order chi connectivity index (χ1) is 6.88. The van der Waals surface area contributed by atoms with E-state index in [0.29, 0.717) is 0 Å². The van der Waals surface area contributed by atoms with E-state index in [0.717, 1.165) is 37.6 Å². The Morgan fingerprint density at radius 2 is 2.36 bits per heavy atom. The zero-order valence-corrected chi connectivity index (χ0v) is 9.55. The largest absolute Gasteiger partial charge is 0.310 e. The van der Waals surface area contributed by atoms with Crippen LogP contribution in [0.2, 0.25) is 0 Å². The Kier molecular flexibility index (Phi) is 5.55. The summed E-state index contributed by atoms with van der Waals surface area (Å²) >= 11 is 1.80. The molecule has 14 heavy (non-hydrogen) atoms. The lowest BCUT2D eigenvalue weighted by Gasteiger charge is -2.03. The fraction of sp³-hybridized carbons (Fsp3) is 0.875. The number of tetrazole rings is 1. The normalized spacial score (nSPS) is 10.7. The first-order valence-electron chi connectivity index (χ1n) is 4.83. The molecule has 80 valence electrons. The molecule has 0 saturated heterocycles. The van der Waals surface area contributed by atoms with Crippen molar-refractivity contribution in [1.29, 1.82) is 0 Å². The third-order valence-corrected chi connectivity index (χ3v) is 2.41. The summed E-state index contributed by atoms with van der Waals surface area (Å²) in [5.41, 5.74) is 0. The minimum atomic E-state index is 0.759. The van der Waals surface area contributed by atoms with Gasteiger partial charge in [0.1, 0.15) is 0 Å². The highest BCUT2D eigenvalue weighted by Gasteiger charge is 2.03. The molecular weight excluding hydrogens is 198 g/mol. The van der Waals surface area contributed by atoms with Crippen molar-refractivity contribution in [1.82, 2.24) is 25.5 Å². The molecule has 1 heterocycles. The van der Waals surface area contributed by atoms with Gasteiger partial charge in [0, 0.05) is 5.75 Å². The molecule has 1 rings (SSSR count). The van der Waals surface area contributed by atoms with E-state index >= 15 is 0 Å². The molecule has 0 bridgehead atoms. The Bertz CT molecular complexity index is 250. The third-order valence-electron chi connectivity index (χ3n) is 1.82. The van der Waals surface area contributed by atoms with Gasteiger partial charge in [0.25, 0.3) is 0 Å².